The zero-order valence-electron chi connectivity index (χ0n) is 20.5. The summed E-state index contributed by atoms with van der Waals surface area (Å²) in [5.74, 6) is 0.776. The first-order valence-corrected chi connectivity index (χ1v) is 11.4. The van der Waals surface area contributed by atoms with Crippen LogP contribution in [0, 0.1) is 13.8 Å². The van der Waals surface area contributed by atoms with Crippen molar-refractivity contribution < 1.29 is 19.4 Å². The Hall–Kier alpha value is -4.26. The fourth-order valence-corrected chi connectivity index (χ4v) is 4.03. The number of methoxy groups -OCH3 is 1. The number of nitrogens with zero attached hydrogens (tertiary/aromatic N) is 2. The number of aryl methyl sites for hydroxylation is 2. The third-order valence-corrected chi connectivity index (χ3v) is 5.63. The third kappa shape index (κ3) is 4.84. The van der Waals surface area contributed by atoms with Crippen LogP contribution in [-0.4, -0.2) is 34.1 Å². The average molecular weight is 472 g/mol. The van der Waals surface area contributed by atoms with E-state index in [1.54, 1.807) is 12.1 Å². The number of ether oxygens (including phenoxy) is 2. The summed E-state index contributed by atoms with van der Waals surface area (Å²) in [6.07, 6.45) is -0.0144. The monoisotopic (exact) mass is 471 g/mol. The predicted octanol–water partition coefficient (Wildman–Crippen LogP) is 6.39. The molecule has 0 amide bonds. The summed E-state index contributed by atoms with van der Waals surface area (Å²) in [6.45, 7) is 7.92. The first-order valence-electron chi connectivity index (χ1n) is 11.4. The minimum absolute atomic E-state index is 0.0144. The van der Waals surface area contributed by atoms with Crippen molar-refractivity contribution in [1.29, 1.82) is 0 Å². The second-order valence-electron chi connectivity index (χ2n) is 8.51. The van der Waals surface area contributed by atoms with Gasteiger partial charge in [-0.05, 0) is 63.6 Å². The van der Waals surface area contributed by atoms with Gasteiger partial charge in [0.05, 0.1) is 41.4 Å². The van der Waals surface area contributed by atoms with Crippen LogP contribution in [0.4, 0.5) is 11.5 Å². The lowest BCUT2D eigenvalue weighted by molar-refractivity contribution is 0.0697. The van der Waals surface area contributed by atoms with E-state index in [0.29, 0.717) is 17.3 Å². The molecule has 2 N–H and O–H groups in total. The molecule has 0 unspecified atom stereocenters. The molecular weight excluding hydrogens is 442 g/mol. The van der Waals surface area contributed by atoms with Crippen LogP contribution in [0.3, 0.4) is 0 Å². The predicted molar refractivity (Wildman–Crippen MR) is 137 cm³/mol. The standard InChI is InChI=1S/C28H29N3O4/c1-17(2)35-25-13-9-7-11-21(25)26-19(4)30-31(24-12-8-6-10-18(24)3)27(26)29-23-15-14-20(34-5)16-22(23)28(32)33/h6-17,29H,1-5H3,(H,32,33). The number of aromatic nitrogens is 2. The van der Waals surface area contributed by atoms with Crippen molar-refractivity contribution in [3.8, 4) is 28.3 Å². The van der Waals surface area contributed by atoms with Gasteiger partial charge < -0.3 is 19.9 Å². The van der Waals surface area contributed by atoms with Crippen LogP contribution in [0.15, 0.2) is 66.7 Å². The van der Waals surface area contributed by atoms with Crippen molar-refractivity contribution in [3.63, 3.8) is 0 Å². The summed E-state index contributed by atoms with van der Waals surface area (Å²) in [5, 5.41) is 18.1. The summed E-state index contributed by atoms with van der Waals surface area (Å²) >= 11 is 0. The molecule has 180 valence electrons. The van der Waals surface area contributed by atoms with Gasteiger partial charge in [-0.3, -0.25) is 0 Å². The number of carbonyl (C=O) groups is 1. The third-order valence-electron chi connectivity index (χ3n) is 5.63. The van der Waals surface area contributed by atoms with Gasteiger partial charge in [0.25, 0.3) is 0 Å². The van der Waals surface area contributed by atoms with Gasteiger partial charge in [0, 0.05) is 5.56 Å². The van der Waals surface area contributed by atoms with Crippen LogP contribution in [0.2, 0.25) is 0 Å². The van der Waals surface area contributed by atoms with E-state index in [0.717, 1.165) is 33.8 Å². The molecule has 4 aromatic rings. The summed E-state index contributed by atoms with van der Waals surface area (Å²) < 4.78 is 13.2. The van der Waals surface area contributed by atoms with Crippen molar-refractivity contribution in [3.05, 3.63) is 83.6 Å². The second kappa shape index (κ2) is 9.93. The van der Waals surface area contributed by atoms with Gasteiger partial charge in [0.2, 0.25) is 0 Å². The number of nitrogens with one attached hydrogen (secondary N) is 1. The minimum Gasteiger partial charge on any atom is -0.497 e. The highest BCUT2D eigenvalue weighted by molar-refractivity contribution is 5.97. The minimum atomic E-state index is -1.06. The number of hydrogen-bond acceptors (Lipinski definition) is 5. The molecule has 0 atom stereocenters. The van der Waals surface area contributed by atoms with E-state index >= 15 is 0 Å². The highest BCUT2D eigenvalue weighted by Crippen LogP contribution is 2.41. The molecular formula is C28H29N3O4. The smallest absolute Gasteiger partial charge is 0.337 e. The second-order valence-corrected chi connectivity index (χ2v) is 8.51. The fraction of sp³-hybridized carbons (Fsp3) is 0.214. The van der Waals surface area contributed by atoms with Crippen molar-refractivity contribution in [2.75, 3.05) is 12.4 Å². The molecule has 4 rings (SSSR count). The van der Waals surface area contributed by atoms with Gasteiger partial charge >= 0.3 is 5.97 Å². The van der Waals surface area contributed by atoms with Crippen molar-refractivity contribution >= 4 is 17.5 Å². The lowest BCUT2D eigenvalue weighted by Crippen LogP contribution is -2.09. The van der Waals surface area contributed by atoms with E-state index in [2.05, 4.69) is 5.32 Å². The Labute approximate surface area is 204 Å². The quantitative estimate of drug-likeness (QED) is 0.310. The Balaban J connectivity index is 1.98. The first kappa shape index (κ1) is 23.9. The summed E-state index contributed by atoms with van der Waals surface area (Å²) in [5.41, 5.74) is 4.92. The number of carboxylic acids is 1. The molecule has 0 aliphatic carbocycles. The Bertz CT molecular complexity index is 1370. The van der Waals surface area contributed by atoms with Crippen LogP contribution in [-0.2, 0) is 0 Å². The average Bonchev–Trinajstić information content (AvgIpc) is 3.14. The van der Waals surface area contributed by atoms with Gasteiger partial charge in [-0.1, -0.05) is 36.4 Å². The Morgan fingerprint density at radius 1 is 1.03 bits per heavy atom. The number of aromatic carboxylic acids is 1. The van der Waals surface area contributed by atoms with Crippen LogP contribution < -0.4 is 14.8 Å². The highest BCUT2D eigenvalue weighted by Gasteiger charge is 2.24. The topological polar surface area (TPSA) is 85.6 Å². The summed E-state index contributed by atoms with van der Waals surface area (Å²) in [4.78, 5) is 12.1. The molecule has 0 aliphatic heterocycles. The van der Waals surface area contributed by atoms with E-state index < -0.39 is 5.97 Å². The molecule has 7 heteroatoms. The maximum Gasteiger partial charge on any atom is 0.337 e. The molecule has 3 aromatic carbocycles. The molecule has 0 bridgehead atoms. The molecule has 0 saturated carbocycles. The van der Waals surface area contributed by atoms with Gasteiger partial charge in [0.1, 0.15) is 17.3 Å². The fourth-order valence-electron chi connectivity index (χ4n) is 4.03. The van der Waals surface area contributed by atoms with E-state index in [4.69, 9.17) is 14.6 Å². The number of para-hydroxylation sites is 2. The number of benzene rings is 3. The maximum absolute atomic E-state index is 12.1. The largest absolute Gasteiger partial charge is 0.497 e. The maximum atomic E-state index is 12.1. The highest BCUT2D eigenvalue weighted by atomic mass is 16.5. The van der Waals surface area contributed by atoms with Crippen molar-refractivity contribution in [2.45, 2.75) is 33.8 Å². The lowest BCUT2D eigenvalue weighted by Gasteiger charge is -2.18. The Morgan fingerprint density at radius 3 is 2.43 bits per heavy atom. The van der Waals surface area contributed by atoms with Gasteiger partial charge in [-0.25, -0.2) is 9.48 Å². The van der Waals surface area contributed by atoms with Gasteiger partial charge in [-0.15, -0.1) is 0 Å². The molecule has 0 aliphatic rings. The zero-order valence-corrected chi connectivity index (χ0v) is 20.5. The zero-order chi connectivity index (χ0) is 25.1. The molecule has 1 aromatic heterocycles. The molecule has 7 nitrogen and oxygen atoms in total. The molecule has 0 saturated heterocycles. The van der Waals surface area contributed by atoms with Crippen LogP contribution in [0.1, 0.15) is 35.5 Å². The molecule has 0 spiro atoms. The van der Waals surface area contributed by atoms with Crippen LogP contribution in [0.5, 0.6) is 11.5 Å². The number of hydrogen-bond donors (Lipinski definition) is 2. The summed E-state index contributed by atoms with van der Waals surface area (Å²) in [6, 6.07) is 20.7. The molecule has 35 heavy (non-hydrogen) atoms. The van der Waals surface area contributed by atoms with Crippen molar-refractivity contribution in [2.24, 2.45) is 0 Å². The number of anilines is 2. The Morgan fingerprint density at radius 2 is 1.74 bits per heavy atom. The van der Waals surface area contributed by atoms with E-state index in [1.165, 1.54) is 13.2 Å². The first-order chi connectivity index (χ1) is 16.8. The van der Waals surface area contributed by atoms with E-state index in [9.17, 15) is 9.90 Å². The normalized spacial score (nSPS) is 10.9. The van der Waals surface area contributed by atoms with E-state index in [1.807, 2.05) is 80.9 Å². The number of carboxylic acid groups (broad SMARTS) is 1. The SMILES string of the molecule is COc1ccc(Nc2c(-c3ccccc3OC(C)C)c(C)nn2-c2ccccc2C)c(C(=O)O)c1. The Kier molecular flexibility index (Phi) is 6.78. The molecule has 1 heterocycles. The van der Waals surface area contributed by atoms with Gasteiger partial charge in [0.15, 0.2) is 0 Å². The van der Waals surface area contributed by atoms with Crippen molar-refractivity contribution in [1.82, 2.24) is 9.78 Å². The molecule has 0 radical (unpaired) electrons. The van der Waals surface area contributed by atoms with E-state index in [-0.39, 0.29) is 11.7 Å². The summed E-state index contributed by atoms with van der Waals surface area (Å²) in [7, 11) is 1.51. The van der Waals surface area contributed by atoms with Gasteiger partial charge in [-0.2, -0.15) is 5.10 Å². The molecule has 0 fully saturated rings. The lowest BCUT2D eigenvalue weighted by atomic mass is 10.0. The number of rotatable bonds is 8. The van der Waals surface area contributed by atoms with Crippen LogP contribution in [0.25, 0.3) is 16.8 Å². The van der Waals surface area contributed by atoms with Crippen LogP contribution >= 0.6 is 0 Å².